The van der Waals surface area contributed by atoms with Gasteiger partial charge in [-0.25, -0.2) is 8.78 Å². The second-order valence-electron chi connectivity index (χ2n) is 4.29. The van der Waals surface area contributed by atoms with Crippen LogP contribution in [0.5, 0.6) is 5.75 Å². The third kappa shape index (κ3) is 3.87. The van der Waals surface area contributed by atoms with E-state index >= 15 is 0 Å². The van der Waals surface area contributed by atoms with Crippen molar-refractivity contribution in [1.29, 1.82) is 0 Å². The highest BCUT2D eigenvalue weighted by molar-refractivity contribution is 5.42. The number of hydrogen-bond acceptors (Lipinski definition) is 2. The molecule has 0 saturated carbocycles. The Hall–Kier alpha value is -2.24. The van der Waals surface area contributed by atoms with E-state index in [0.717, 1.165) is 5.69 Å². The van der Waals surface area contributed by atoms with Crippen LogP contribution < -0.4 is 10.1 Å². The molecule has 21 heavy (non-hydrogen) atoms. The molecule has 0 aliphatic rings. The maximum Gasteiger partial charge on any atom is 0.203 e. The Morgan fingerprint density at radius 2 is 1.52 bits per heavy atom. The van der Waals surface area contributed by atoms with E-state index in [4.69, 9.17) is 4.74 Å². The van der Waals surface area contributed by atoms with E-state index in [0.29, 0.717) is 13.0 Å². The molecule has 0 spiro atoms. The Kier molecular flexibility index (Phi) is 5.03. The summed E-state index contributed by atoms with van der Waals surface area (Å²) in [4.78, 5) is 0. The van der Waals surface area contributed by atoms with Gasteiger partial charge in [0.25, 0.3) is 0 Å². The van der Waals surface area contributed by atoms with Gasteiger partial charge in [0.1, 0.15) is 0 Å². The maximum atomic E-state index is 13.3. The van der Waals surface area contributed by atoms with E-state index < -0.39 is 29.0 Å². The zero-order chi connectivity index (χ0) is 15.2. The third-order valence-electron chi connectivity index (χ3n) is 2.74. The van der Waals surface area contributed by atoms with Crippen LogP contribution in [0.2, 0.25) is 0 Å². The first-order valence-corrected chi connectivity index (χ1v) is 6.34. The summed E-state index contributed by atoms with van der Waals surface area (Å²) in [6, 6.07) is 9.47. The highest BCUT2D eigenvalue weighted by atomic mass is 19.2. The van der Waals surface area contributed by atoms with Gasteiger partial charge in [0.05, 0.1) is 6.61 Å². The predicted octanol–water partition coefficient (Wildman–Crippen LogP) is 4.12. The molecule has 2 nitrogen and oxygen atoms in total. The summed E-state index contributed by atoms with van der Waals surface area (Å²) in [6.45, 7) is 0.418. The van der Waals surface area contributed by atoms with Crippen LogP contribution in [-0.4, -0.2) is 13.2 Å². The van der Waals surface area contributed by atoms with Gasteiger partial charge in [0, 0.05) is 18.3 Å². The van der Waals surface area contributed by atoms with Gasteiger partial charge in [-0.05, 0) is 18.6 Å². The fraction of sp³-hybridized carbons (Fsp3) is 0.200. The Morgan fingerprint density at radius 1 is 0.905 bits per heavy atom. The Bertz CT molecular complexity index is 578. The highest BCUT2D eigenvalue weighted by Gasteiger charge is 2.20. The first kappa shape index (κ1) is 15.2. The van der Waals surface area contributed by atoms with E-state index in [1.54, 1.807) is 0 Å². The molecule has 112 valence electrons. The van der Waals surface area contributed by atoms with Crippen molar-refractivity contribution in [3.05, 3.63) is 59.7 Å². The molecular weight excluding hydrogens is 286 g/mol. The molecule has 0 heterocycles. The molecule has 0 aliphatic carbocycles. The van der Waals surface area contributed by atoms with Crippen molar-refractivity contribution in [2.45, 2.75) is 6.42 Å². The molecule has 2 aromatic carbocycles. The minimum Gasteiger partial charge on any atom is -0.487 e. The number of ether oxygens (including phenoxy) is 1. The van der Waals surface area contributed by atoms with Crippen LogP contribution in [0.25, 0.3) is 0 Å². The van der Waals surface area contributed by atoms with Crippen LogP contribution >= 0.6 is 0 Å². The number of para-hydroxylation sites is 1. The lowest BCUT2D eigenvalue weighted by atomic mass is 10.3. The molecule has 2 rings (SSSR count). The van der Waals surface area contributed by atoms with Gasteiger partial charge >= 0.3 is 0 Å². The van der Waals surface area contributed by atoms with Crippen LogP contribution in [-0.2, 0) is 0 Å². The van der Waals surface area contributed by atoms with Crippen LogP contribution in [0.3, 0.4) is 0 Å². The molecule has 1 N–H and O–H groups in total. The van der Waals surface area contributed by atoms with Gasteiger partial charge in [-0.1, -0.05) is 18.2 Å². The van der Waals surface area contributed by atoms with Crippen LogP contribution in [0.15, 0.2) is 36.4 Å². The highest BCUT2D eigenvalue weighted by Crippen LogP contribution is 2.26. The average Bonchev–Trinajstić information content (AvgIpc) is 2.49. The SMILES string of the molecule is Fc1cc(F)c(F)c(OCCCNc2ccccc2)c1F. The van der Waals surface area contributed by atoms with Gasteiger partial charge in [-0.15, -0.1) is 0 Å². The van der Waals surface area contributed by atoms with Gasteiger partial charge in [-0.2, -0.15) is 8.78 Å². The van der Waals surface area contributed by atoms with Gasteiger partial charge in [0.15, 0.2) is 17.4 Å². The molecular formula is C15H13F4NO. The summed E-state index contributed by atoms with van der Waals surface area (Å²) in [5.41, 5.74) is 0.895. The van der Waals surface area contributed by atoms with Crippen molar-refractivity contribution in [3.8, 4) is 5.75 Å². The summed E-state index contributed by atoms with van der Waals surface area (Å²) < 4.78 is 57.3. The van der Waals surface area contributed by atoms with E-state index in [1.165, 1.54) is 0 Å². The molecule has 0 saturated heterocycles. The van der Waals surface area contributed by atoms with Crippen molar-refractivity contribution < 1.29 is 22.3 Å². The van der Waals surface area contributed by atoms with Crippen molar-refractivity contribution in [2.24, 2.45) is 0 Å². The van der Waals surface area contributed by atoms with Crippen molar-refractivity contribution in [1.82, 2.24) is 0 Å². The fourth-order valence-electron chi connectivity index (χ4n) is 1.71. The topological polar surface area (TPSA) is 21.3 Å². The average molecular weight is 299 g/mol. The summed E-state index contributed by atoms with van der Waals surface area (Å²) in [5.74, 6) is -7.03. The second-order valence-corrected chi connectivity index (χ2v) is 4.29. The Balaban J connectivity index is 1.84. The van der Waals surface area contributed by atoms with E-state index in [9.17, 15) is 17.6 Å². The number of rotatable bonds is 6. The number of halogens is 4. The lowest BCUT2D eigenvalue weighted by Gasteiger charge is -2.10. The van der Waals surface area contributed by atoms with E-state index in [-0.39, 0.29) is 12.7 Å². The van der Waals surface area contributed by atoms with Crippen molar-refractivity contribution >= 4 is 5.69 Å². The molecule has 0 aromatic heterocycles. The first-order chi connectivity index (χ1) is 10.1. The molecule has 0 atom stereocenters. The van der Waals surface area contributed by atoms with Crippen molar-refractivity contribution in [2.75, 3.05) is 18.5 Å². The monoisotopic (exact) mass is 299 g/mol. The first-order valence-electron chi connectivity index (χ1n) is 6.34. The molecule has 0 amide bonds. The molecule has 0 bridgehead atoms. The standard InChI is InChI=1S/C15H13F4NO/c16-11-9-12(17)14(19)15(13(11)18)21-8-4-7-20-10-5-2-1-3-6-10/h1-3,5-6,9,20H,4,7-8H2. The summed E-state index contributed by atoms with van der Waals surface area (Å²) >= 11 is 0. The lowest BCUT2D eigenvalue weighted by molar-refractivity contribution is 0.270. The smallest absolute Gasteiger partial charge is 0.203 e. The summed E-state index contributed by atoms with van der Waals surface area (Å²) in [7, 11) is 0. The number of nitrogens with one attached hydrogen (secondary N) is 1. The van der Waals surface area contributed by atoms with Gasteiger partial charge in [-0.3, -0.25) is 0 Å². The van der Waals surface area contributed by atoms with Crippen LogP contribution in [0, 0.1) is 23.3 Å². The molecule has 0 fully saturated rings. The maximum absolute atomic E-state index is 13.3. The lowest BCUT2D eigenvalue weighted by Crippen LogP contribution is -2.09. The Morgan fingerprint density at radius 3 is 2.14 bits per heavy atom. The molecule has 0 radical (unpaired) electrons. The van der Waals surface area contributed by atoms with Crippen LogP contribution in [0.4, 0.5) is 23.2 Å². The normalized spacial score (nSPS) is 10.5. The zero-order valence-electron chi connectivity index (χ0n) is 11.0. The minimum atomic E-state index is -1.52. The Labute approximate surface area is 119 Å². The zero-order valence-corrected chi connectivity index (χ0v) is 11.0. The quantitative estimate of drug-likeness (QED) is 0.492. The summed E-state index contributed by atoms with van der Waals surface area (Å²) in [5, 5.41) is 3.07. The van der Waals surface area contributed by atoms with Crippen molar-refractivity contribution in [3.63, 3.8) is 0 Å². The fourth-order valence-corrected chi connectivity index (χ4v) is 1.71. The molecule has 6 heteroatoms. The number of hydrogen-bond donors (Lipinski definition) is 1. The van der Waals surface area contributed by atoms with Crippen LogP contribution in [0.1, 0.15) is 6.42 Å². The van der Waals surface area contributed by atoms with E-state index in [1.807, 2.05) is 30.3 Å². The largest absolute Gasteiger partial charge is 0.487 e. The predicted molar refractivity (Wildman–Crippen MR) is 71.3 cm³/mol. The molecule has 0 unspecified atom stereocenters. The summed E-state index contributed by atoms with van der Waals surface area (Å²) in [6.07, 6.45) is 0.409. The number of anilines is 1. The molecule has 2 aromatic rings. The minimum absolute atomic E-state index is 0.0729. The van der Waals surface area contributed by atoms with Gasteiger partial charge < -0.3 is 10.1 Å². The third-order valence-corrected chi connectivity index (χ3v) is 2.74. The van der Waals surface area contributed by atoms with Gasteiger partial charge in [0.2, 0.25) is 11.6 Å². The molecule has 0 aliphatic heterocycles. The number of benzene rings is 2. The van der Waals surface area contributed by atoms with E-state index in [2.05, 4.69) is 5.32 Å². The second kappa shape index (κ2) is 6.97.